The summed E-state index contributed by atoms with van der Waals surface area (Å²) in [6.45, 7) is 0. The van der Waals surface area contributed by atoms with E-state index >= 15 is 0 Å². The standard InChI is InChI=1S/CH3N3O3S/c1-7-8(5,6)4-3-2/h1H3. The van der Waals surface area contributed by atoms with Gasteiger partial charge < -0.3 is 0 Å². The van der Waals surface area contributed by atoms with Gasteiger partial charge in [0.05, 0.1) is 11.6 Å². The minimum Gasteiger partial charge on any atom is -0.267 e. The lowest BCUT2D eigenvalue weighted by atomic mass is 11.8. The molecule has 0 saturated heterocycles. The summed E-state index contributed by atoms with van der Waals surface area (Å²) in [6.07, 6.45) is 0. The van der Waals surface area contributed by atoms with Gasteiger partial charge in [0.25, 0.3) is 0 Å². The van der Waals surface area contributed by atoms with E-state index in [2.05, 4.69) is 8.70 Å². The second-order valence-corrected chi connectivity index (χ2v) is 2.12. The highest BCUT2D eigenvalue weighted by Gasteiger charge is 2.00. The number of hydrogen-bond acceptors (Lipinski definition) is 3. The van der Waals surface area contributed by atoms with E-state index in [1.807, 2.05) is 4.91 Å². The summed E-state index contributed by atoms with van der Waals surface area (Å²) < 4.78 is 25.9. The first-order valence-corrected chi connectivity index (χ1v) is 2.86. The smallest absolute Gasteiger partial charge is 0.267 e. The minimum absolute atomic E-state index is 0.907. The molecule has 0 aromatic carbocycles. The zero-order valence-electron chi connectivity index (χ0n) is 3.97. The molecule has 0 fully saturated rings. The lowest BCUT2D eigenvalue weighted by Crippen LogP contribution is -1.93. The maximum absolute atomic E-state index is 9.96. The van der Waals surface area contributed by atoms with Crippen molar-refractivity contribution in [3.63, 3.8) is 0 Å². The van der Waals surface area contributed by atoms with E-state index in [1.165, 1.54) is 0 Å². The van der Waals surface area contributed by atoms with E-state index in [-0.39, 0.29) is 0 Å². The highest BCUT2D eigenvalue weighted by Crippen LogP contribution is 1.89. The van der Waals surface area contributed by atoms with Crippen molar-refractivity contribution in [3.05, 3.63) is 10.4 Å². The fourth-order valence-corrected chi connectivity index (χ4v) is 0.234. The molecule has 0 aliphatic carbocycles. The molecule has 46 valence electrons. The van der Waals surface area contributed by atoms with Gasteiger partial charge in [0.2, 0.25) is 0 Å². The van der Waals surface area contributed by atoms with Crippen LogP contribution in [0.2, 0.25) is 0 Å². The molecule has 0 unspecified atom stereocenters. The van der Waals surface area contributed by atoms with Crippen LogP contribution in [0.1, 0.15) is 0 Å². The monoisotopic (exact) mass is 137 g/mol. The van der Waals surface area contributed by atoms with E-state index in [0.29, 0.717) is 0 Å². The molecule has 0 aromatic rings. The van der Waals surface area contributed by atoms with E-state index in [1.54, 1.807) is 0 Å². The molecule has 0 aliphatic rings. The van der Waals surface area contributed by atoms with E-state index in [9.17, 15) is 8.42 Å². The van der Waals surface area contributed by atoms with Crippen molar-refractivity contribution in [1.82, 2.24) is 0 Å². The summed E-state index contributed by atoms with van der Waals surface area (Å²) in [7, 11) is -3.05. The topological polar surface area (TPSA) is 92.1 Å². The molecular formula is CH3N3O3S. The molecule has 0 heterocycles. The Bertz CT molecular complexity index is 199. The van der Waals surface area contributed by atoms with Crippen molar-refractivity contribution < 1.29 is 12.6 Å². The predicted molar refractivity (Wildman–Crippen MR) is 25.1 cm³/mol. The molecule has 0 amide bonds. The summed E-state index contributed by atoms with van der Waals surface area (Å²) in [5, 5.41) is 0. The van der Waals surface area contributed by atoms with Crippen LogP contribution in [0.3, 0.4) is 0 Å². The Morgan fingerprint density at radius 1 is 1.75 bits per heavy atom. The quantitative estimate of drug-likeness (QED) is 0.309. The van der Waals surface area contributed by atoms with Crippen LogP contribution in [0.15, 0.2) is 4.52 Å². The largest absolute Gasteiger partial charge is 0.358 e. The average molecular weight is 137 g/mol. The van der Waals surface area contributed by atoms with Crippen LogP contribution in [0.5, 0.6) is 0 Å². The lowest BCUT2D eigenvalue weighted by Gasteiger charge is -1.84. The Hall–Kier alpha value is -0.780. The zero-order chi connectivity index (χ0) is 6.62. The summed E-state index contributed by atoms with van der Waals surface area (Å²) >= 11 is 0. The van der Waals surface area contributed by atoms with Gasteiger partial charge in [-0.05, 0) is 5.53 Å². The van der Waals surface area contributed by atoms with Crippen LogP contribution in [0.25, 0.3) is 10.4 Å². The fraction of sp³-hybridized carbons (Fsp3) is 1.00. The van der Waals surface area contributed by atoms with Gasteiger partial charge in [-0.25, -0.2) is 0 Å². The second-order valence-electron chi connectivity index (χ2n) is 0.765. The van der Waals surface area contributed by atoms with Gasteiger partial charge in [0.15, 0.2) is 0 Å². The summed E-state index contributed by atoms with van der Waals surface area (Å²) in [6, 6.07) is 0. The van der Waals surface area contributed by atoms with Crippen LogP contribution in [0.4, 0.5) is 0 Å². The Labute approximate surface area is 46.0 Å². The molecule has 0 rings (SSSR count). The molecule has 0 atom stereocenters. The maximum atomic E-state index is 9.96. The fourth-order valence-electron chi connectivity index (χ4n) is 0.0781. The molecule has 0 bridgehead atoms. The molecule has 0 radical (unpaired) electrons. The third-order valence-corrected chi connectivity index (χ3v) is 1.04. The van der Waals surface area contributed by atoms with Crippen molar-refractivity contribution in [3.8, 4) is 0 Å². The molecule has 0 N–H and O–H groups in total. The van der Waals surface area contributed by atoms with Gasteiger partial charge in [0, 0.05) is 4.91 Å². The van der Waals surface area contributed by atoms with E-state index < -0.39 is 10.3 Å². The number of hydrogen-bond donors (Lipinski definition) is 0. The van der Waals surface area contributed by atoms with Crippen LogP contribution in [0, 0.1) is 0 Å². The van der Waals surface area contributed by atoms with Gasteiger partial charge in [0.1, 0.15) is 0 Å². The van der Waals surface area contributed by atoms with Crippen LogP contribution in [-0.4, -0.2) is 15.5 Å². The summed E-state index contributed by atoms with van der Waals surface area (Å²) in [5.74, 6) is 0. The lowest BCUT2D eigenvalue weighted by molar-refractivity contribution is 0.398. The molecule has 0 spiro atoms. The number of azide groups is 1. The number of rotatable bonds is 2. The molecular weight excluding hydrogens is 134 g/mol. The summed E-state index contributed by atoms with van der Waals surface area (Å²) in [5.41, 5.74) is 7.53. The minimum atomic E-state index is -3.96. The highest BCUT2D eigenvalue weighted by molar-refractivity contribution is 7.85. The van der Waals surface area contributed by atoms with Gasteiger partial charge in [-0.1, -0.05) is 0 Å². The Balaban J connectivity index is 4.41. The van der Waals surface area contributed by atoms with E-state index in [0.717, 1.165) is 7.11 Å². The number of nitrogens with zero attached hydrogens (tertiary/aromatic N) is 3. The van der Waals surface area contributed by atoms with Crippen LogP contribution in [-0.2, 0) is 14.5 Å². The Morgan fingerprint density at radius 3 is 2.38 bits per heavy atom. The predicted octanol–water partition coefficient (Wildman–Crippen LogP) is 0.188. The van der Waals surface area contributed by atoms with Crippen molar-refractivity contribution in [2.75, 3.05) is 7.11 Å². The van der Waals surface area contributed by atoms with Gasteiger partial charge in [-0.2, -0.15) is 8.42 Å². The zero-order valence-corrected chi connectivity index (χ0v) is 4.79. The van der Waals surface area contributed by atoms with Crippen LogP contribution < -0.4 is 0 Å². The van der Waals surface area contributed by atoms with Crippen LogP contribution >= 0.6 is 0 Å². The average Bonchev–Trinajstić information content (AvgIpc) is 1.67. The van der Waals surface area contributed by atoms with E-state index in [4.69, 9.17) is 5.53 Å². The van der Waals surface area contributed by atoms with Crippen molar-refractivity contribution in [2.45, 2.75) is 0 Å². The van der Waals surface area contributed by atoms with Crippen molar-refractivity contribution >= 4 is 10.3 Å². The molecule has 0 aromatic heterocycles. The van der Waals surface area contributed by atoms with Gasteiger partial charge in [-0.3, -0.25) is 4.18 Å². The molecule has 7 heteroatoms. The Morgan fingerprint density at radius 2 is 2.25 bits per heavy atom. The third kappa shape index (κ3) is 2.40. The van der Waals surface area contributed by atoms with Crippen molar-refractivity contribution in [2.24, 2.45) is 4.52 Å². The van der Waals surface area contributed by atoms with Gasteiger partial charge >= 0.3 is 10.3 Å². The van der Waals surface area contributed by atoms with Gasteiger partial charge in [-0.15, -0.1) is 0 Å². The second kappa shape index (κ2) is 2.51. The normalized spacial score (nSPS) is 10.1. The summed E-state index contributed by atoms with van der Waals surface area (Å²) in [4.78, 5) is 1.99. The molecule has 6 nitrogen and oxygen atoms in total. The first-order chi connectivity index (χ1) is 3.62. The highest BCUT2D eigenvalue weighted by atomic mass is 32.2. The molecule has 0 saturated carbocycles. The SMILES string of the molecule is COS(=O)(=O)N=[N+]=[N-]. The molecule has 8 heavy (non-hydrogen) atoms. The third-order valence-electron chi connectivity index (χ3n) is 0.347. The first kappa shape index (κ1) is 7.22. The van der Waals surface area contributed by atoms with Crippen molar-refractivity contribution in [1.29, 1.82) is 0 Å². The molecule has 0 aliphatic heterocycles. The Kier molecular flexibility index (Phi) is 2.26. The first-order valence-electron chi connectivity index (χ1n) is 1.49. The maximum Gasteiger partial charge on any atom is 0.358 e.